The number of hydrogen-bond donors (Lipinski definition) is 3. The molecule has 0 bridgehead atoms. The van der Waals surface area contributed by atoms with Gasteiger partial charge in [-0.15, -0.1) is 0 Å². The molecule has 0 saturated carbocycles. The molecule has 8 heteroatoms. The second-order valence-electron chi connectivity index (χ2n) is 7.58. The van der Waals surface area contributed by atoms with Crippen molar-refractivity contribution in [2.45, 2.75) is 24.9 Å². The van der Waals surface area contributed by atoms with E-state index < -0.39 is 11.4 Å². The van der Waals surface area contributed by atoms with E-state index in [0.717, 1.165) is 5.56 Å². The number of aromatic amines is 1. The van der Waals surface area contributed by atoms with Crippen LogP contribution in [0.5, 0.6) is 0 Å². The molecular formula is C21H22FN3O4. The molecule has 29 heavy (non-hydrogen) atoms. The Morgan fingerprint density at radius 1 is 1.21 bits per heavy atom. The highest BCUT2D eigenvalue weighted by Crippen LogP contribution is 2.26. The van der Waals surface area contributed by atoms with Gasteiger partial charge in [0.1, 0.15) is 5.82 Å². The normalized spacial score (nSPS) is 16.8. The standard InChI is InChI=1S/C21H22FN3O4/c22-15-3-1-14(2-4-15)12-21(28)7-9-25(10-8-21)13-19(26)23-16-5-6-17-18(11-16)29-20(27)24-17/h1-6,11,28H,7-10,12-13H2,(H,23,26)(H,24,27). The lowest BCUT2D eigenvalue weighted by Gasteiger charge is -2.38. The smallest absolute Gasteiger partial charge is 0.408 e. The Morgan fingerprint density at radius 3 is 2.66 bits per heavy atom. The molecule has 1 aliphatic heterocycles. The van der Waals surface area contributed by atoms with Crippen LogP contribution in [0.1, 0.15) is 18.4 Å². The molecule has 2 aromatic carbocycles. The van der Waals surface area contributed by atoms with Crippen molar-refractivity contribution in [2.24, 2.45) is 0 Å². The molecule has 1 saturated heterocycles. The third-order valence-electron chi connectivity index (χ3n) is 5.31. The molecule has 1 aliphatic rings. The van der Waals surface area contributed by atoms with Gasteiger partial charge in [0.05, 0.1) is 17.7 Å². The molecule has 1 aromatic heterocycles. The number of aliphatic hydroxyl groups is 1. The van der Waals surface area contributed by atoms with Crippen molar-refractivity contribution in [1.82, 2.24) is 9.88 Å². The molecule has 2 heterocycles. The second kappa shape index (κ2) is 7.81. The van der Waals surface area contributed by atoms with E-state index in [4.69, 9.17) is 4.42 Å². The summed E-state index contributed by atoms with van der Waals surface area (Å²) >= 11 is 0. The van der Waals surface area contributed by atoms with E-state index in [1.807, 2.05) is 4.90 Å². The average Bonchev–Trinajstić information content (AvgIpc) is 3.05. The summed E-state index contributed by atoms with van der Waals surface area (Å²) in [5.74, 6) is -1.00. The quantitative estimate of drug-likeness (QED) is 0.611. The largest absolute Gasteiger partial charge is 0.417 e. The van der Waals surface area contributed by atoms with Crippen LogP contribution in [-0.4, -0.2) is 46.1 Å². The number of halogens is 1. The van der Waals surface area contributed by atoms with E-state index in [0.29, 0.717) is 49.1 Å². The first-order chi connectivity index (χ1) is 13.9. The van der Waals surface area contributed by atoms with Crippen LogP contribution >= 0.6 is 0 Å². The molecule has 152 valence electrons. The number of rotatable bonds is 5. The Labute approximate surface area is 166 Å². The lowest BCUT2D eigenvalue weighted by molar-refractivity contribution is -0.118. The predicted octanol–water partition coefficient (Wildman–Crippen LogP) is 2.27. The van der Waals surface area contributed by atoms with Gasteiger partial charge in [-0.2, -0.15) is 0 Å². The first-order valence-corrected chi connectivity index (χ1v) is 9.50. The zero-order valence-corrected chi connectivity index (χ0v) is 15.8. The van der Waals surface area contributed by atoms with Gasteiger partial charge >= 0.3 is 5.76 Å². The fraction of sp³-hybridized carbons (Fsp3) is 0.333. The molecule has 7 nitrogen and oxygen atoms in total. The number of oxazole rings is 1. The van der Waals surface area contributed by atoms with Gasteiger partial charge < -0.3 is 14.8 Å². The van der Waals surface area contributed by atoms with Crippen LogP contribution in [0.15, 0.2) is 51.7 Å². The number of likely N-dealkylation sites (tertiary alicyclic amines) is 1. The molecule has 4 rings (SSSR count). The van der Waals surface area contributed by atoms with Crippen LogP contribution in [-0.2, 0) is 11.2 Å². The summed E-state index contributed by atoms with van der Waals surface area (Å²) < 4.78 is 18.0. The number of H-pyrrole nitrogens is 1. The van der Waals surface area contributed by atoms with Gasteiger partial charge in [0.25, 0.3) is 0 Å². The first kappa shape index (κ1) is 19.4. The first-order valence-electron chi connectivity index (χ1n) is 9.50. The summed E-state index contributed by atoms with van der Waals surface area (Å²) in [6, 6.07) is 11.1. The molecule has 0 unspecified atom stereocenters. The molecule has 3 N–H and O–H groups in total. The molecular weight excluding hydrogens is 377 g/mol. The number of carbonyl (C=O) groups excluding carboxylic acids is 1. The van der Waals surface area contributed by atoms with E-state index in [-0.39, 0.29) is 18.3 Å². The van der Waals surface area contributed by atoms with Crippen molar-refractivity contribution in [3.8, 4) is 0 Å². The van der Waals surface area contributed by atoms with Gasteiger partial charge in [-0.25, -0.2) is 9.18 Å². The minimum atomic E-state index is -0.846. The molecule has 3 aromatic rings. The minimum Gasteiger partial charge on any atom is -0.408 e. The van der Waals surface area contributed by atoms with E-state index in [9.17, 15) is 19.1 Å². The SMILES string of the molecule is O=C(CN1CCC(O)(Cc2ccc(F)cc2)CC1)Nc1ccc2[nH]c(=O)oc2c1. The highest BCUT2D eigenvalue weighted by Gasteiger charge is 2.32. The Kier molecular flexibility index (Phi) is 5.21. The van der Waals surface area contributed by atoms with E-state index >= 15 is 0 Å². The van der Waals surface area contributed by atoms with Crippen molar-refractivity contribution in [2.75, 3.05) is 25.0 Å². The van der Waals surface area contributed by atoms with Gasteiger partial charge in [-0.05, 0) is 42.7 Å². The van der Waals surface area contributed by atoms with Crippen LogP contribution in [0.4, 0.5) is 10.1 Å². The number of anilines is 1. The minimum absolute atomic E-state index is 0.175. The lowest BCUT2D eigenvalue weighted by atomic mass is 9.85. The summed E-state index contributed by atoms with van der Waals surface area (Å²) in [6.45, 7) is 1.40. The van der Waals surface area contributed by atoms with Crippen molar-refractivity contribution in [3.05, 3.63) is 64.4 Å². The average molecular weight is 399 g/mol. The van der Waals surface area contributed by atoms with Crippen LogP contribution < -0.4 is 11.1 Å². The predicted molar refractivity (Wildman–Crippen MR) is 106 cm³/mol. The number of amides is 1. The zero-order chi connectivity index (χ0) is 20.4. The third-order valence-corrected chi connectivity index (χ3v) is 5.31. The molecule has 0 radical (unpaired) electrons. The monoisotopic (exact) mass is 399 g/mol. The highest BCUT2D eigenvalue weighted by atomic mass is 19.1. The van der Waals surface area contributed by atoms with Gasteiger partial charge in [0.15, 0.2) is 5.58 Å². The Hall–Kier alpha value is -2.97. The summed E-state index contributed by atoms with van der Waals surface area (Å²) in [5, 5.41) is 13.6. The number of fused-ring (bicyclic) bond motifs is 1. The van der Waals surface area contributed by atoms with Crippen molar-refractivity contribution < 1.29 is 18.7 Å². The second-order valence-corrected chi connectivity index (χ2v) is 7.58. The number of benzene rings is 2. The number of piperidine rings is 1. The maximum atomic E-state index is 13.0. The Morgan fingerprint density at radius 2 is 1.93 bits per heavy atom. The van der Waals surface area contributed by atoms with Gasteiger partial charge in [-0.1, -0.05) is 12.1 Å². The fourth-order valence-corrected chi connectivity index (χ4v) is 3.71. The van der Waals surface area contributed by atoms with E-state index in [1.165, 1.54) is 12.1 Å². The van der Waals surface area contributed by atoms with Crippen molar-refractivity contribution in [1.29, 1.82) is 0 Å². The van der Waals surface area contributed by atoms with Crippen LogP contribution in [0, 0.1) is 5.82 Å². The number of carbonyl (C=O) groups is 1. The fourth-order valence-electron chi connectivity index (χ4n) is 3.71. The molecule has 0 aliphatic carbocycles. The summed E-state index contributed by atoms with van der Waals surface area (Å²) in [7, 11) is 0. The van der Waals surface area contributed by atoms with E-state index in [2.05, 4.69) is 10.3 Å². The number of hydrogen-bond acceptors (Lipinski definition) is 5. The van der Waals surface area contributed by atoms with Crippen LogP contribution in [0.2, 0.25) is 0 Å². The molecule has 1 amide bonds. The topological polar surface area (TPSA) is 98.6 Å². The maximum absolute atomic E-state index is 13.0. The molecule has 1 fully saturated rings. The highest BCUT2D eigenvalue weighted by molar-refractivity contribution is 5.94. The Balaban J connectivity index is 1.29. The van der Waals surface area contributed by atoms with Crippen LogP contribution in [0.3, 0.4) is 0 Å². The number of nitrogens with zero attached hydrogens (tertiary/aromatic N) is 1. The summed E-state index contributed by atoms with van der Waals surface area (Å²) in [4.78, 5) is 28.1. The zero-order valence-electron chi connectivity index (χ0n) is 15.8. The third kappa shape index (κ3) is 4.72. The van der Waals surface area contributed by atoms with E-state index in [1.54, 1.807) is 30.3 Å². The van der Waals surface area contributed by atoms with Gasteiger partial charge in [0, 0.05) is 31.3 Å². The van der Waals surface area contributed by atoms with Crippen LogP contribution in [0.25, 0.3) is 11.1 Å². The van der Waals surface area contributed by atoms with Crippen molar-refractivity contribution in [3.63, 3.8) is 0 Å². The lowest BCUT2D eigenvalue weighted by Crippen LogP contribution is -2.47. The number of nitrogens with one attached hydrogen (secondary N) is 2. The Bertz CT molecular complexity index is 1070. The molecule has 0 atom stereocenters. The maximum Gasteiger partial charge on any atom is 0.417 e. The molecule has 0 spiro atoms. The van der Waals surface area contributed by atoms with Crippen molar-refractivity contribution >= 4 is 22.7 Å². The summed E-state index contributed by atoms with van der Waals surface area (Å²) in [5.41, 5.74) is 1.56. The number of aromatic nitrogens is 1. The summed E-state index contributed by atoms with van der Waals surface area (Å²) in [6.07, 6.45) is 1.55. The van der Waals surface area contributed by atoms with Gasteiger partial charge in [-0.3, -0.25) is 14.7 Å². The van der Waals surface area contributed by atoms with Gasteiger partial charge in [0.2, 0.25) is 5.91 Å².